The molecule has 1 aliphatic rings. The fourth-order valence-corrected chi connectivity index (χ4v) is 3.99. The normalized spacial score (nSPS) is 15.0. The summed E-state index contributed by atoms with van der Waals surface area (Å²) in [6.45, 7) is 1.92. The number of esters is 1. The zero-order valence-corrected chi connectivity index (χ0v) is 13.9. The summed E-state index contributed by atoms with van der Waals surface area (Å²) in [5.41, 5.74) is 1.07. The van der Waals surface area contributed by atoms with Crippen LogP contribution >= 0.6 is 23.7 Å². The van der Waals surface area contributed by atoms with Gasteiger partial charge in [0.15, 0.2) is 0 Å². The Labute approximate surface area is 134 Å². The molecule has 21 heavy (non-hydrogen) atoms. The summed E-state index contributed by atoms with van der Waals surface area (Å²) in [7, 11) is -2.33. The van der Waals surface area contributed by atoms with Crippen LogP contribution in [0.4, 0.5) is 0 Å². The van der Waals surface area contributed by atoms with E-state index in [0.29, 0.717) is 6.54 Å². The topological polar surface area (TPSA) is 84.5 Å². The maximum absolute atomic E-state index is 12.1. The molecule has 0 aliphatic carbocycles. The predicted octanol–water partition coefficient (Wildman–Crippen LogP) is 1.15. The van der Waals surface area contributed by atoms with E-state index in [2.05, 4.69) is 14.8 Å². The lowest BCUT2D eigenvalue weighted by Crippen LogP contribution is -2.29. The van der Waals surface area contributed by atoms with Crippen LogP contribution in [-0.2, 0) is 14.8 Å². The summed E-state index contributed by atoms with van der Waals surface area (Å²) in [4.78, 5) is 11.7. The highest BCUT2D eigenvalue weighted by Gasteiger charge is 2.19. The van der Waals surface area contributed by atoms with Crippen LogP contribution < -0.4 is 10.0 Å². The van der Waals surface area contributed by atoms with Gasteiger partial charge < -0.3 is 10.1 Å². The molecule has 2 heterocycles. The number of ether oxygens (including phenoxy) is 1. The molecule has 6 nitrogen and oxygen atoms in total. The van der Waals surface area contributed by atoms with Gasteiger partial charge in [0.2, 0.25) is 10.0 Å². The highest BCUT2D eigenvalue weighted by atomic mass is 35.5. The summed E-state index contributed by atoms with van der Waals surface area (Å²) in [6.07, 6.45) is 2.82. The van der Waals surface area contributed by atoms with Gasteiger partial charge in [-0.05, 0) is 19.0 Å². The van der Waals surface area contributed by atoms with Gasteiger partial charge in [0.25, 0.3) is 0 Å². The molecule has 0 aromatic carbocycles. The van der Waals surface area contributed by atoms with Gasteiger partial charge in [0.05, 0.1) is 12.0 Å². The van der Waals surface area contributed by atoms with Crippen LogP contribution in [0.5, 0.6) is 0 Å². The molecule has 1 aromatic rings. The maximum atomic E-state index is 12.1. The molecule has 0 atom stereocenters. The smallest absolute Gasteiger partial charge is 0.348 e. The molecule has 0 saturated heterocycles. The molecule has 0 bridgehead atoms. The molecule has 0 saturated carbocycles. The SMILES string of the molecule is COC(=O)c1cc(S(=O)(=O)NCC2=CCNCC2)cs1.Cl. The second-order valence-electron chi connectivity index (χ2n) is 4.28. The summed E-state index contributed by atoms with van der Waals surface area (Å²) in [5, 5.41) is 4.60. The van der Waals surface area contributed by atoms with E-state index in [1.165, 1.54) is 18.6 Å². The van der Waals surface area contributed by atoms with Crippen LogP contribution in [0.1, 0.15) is 16.1 Å². The van der Waals surface area contributed by atoms with Crippen LogP contribution in [0.2, 0.25) is 0 Å². The zero-order chi connectivity index (χ0) is 14.6. The largest absolute Gasteiger partial charge is 0.465 e. The van der Waals surface area contributed by atoms with E-state index < -0.39 is 16.0 Å². The van der Waals surface area contributed by atoms with Crippen molar-refractivity contribution in [2.24, 2.45) is 0 Å². The molecule has 118 valence electrons. The highest BCUT2D eigenvalue weighted by molar-refractivity contribution is 7.89. The van der Waals surface area contributed by atoms with Gasteiger partial charge in [-0.15, -0.1) is 23.7 Å². The molecule has 1 aromatic heterocycles. The van der Waals surface area contributed by atoms with E-state index in [0.717, 1.165) is 36.4 Å². The lowest BCUT2D eigenvalue weighted by molar-refractivity contribution is 0.0606. The predicted molar refractivity (Wildman–Crippen MR) is 83.7 cm³/mol. The number of carbonyl (C=O) groups excluding carboxylic acids is 1. The Morgan fingerprint density at radius 2 is 2.29 bits per heavy atom. The number of hydrogen-bond donors (Lipinski definition) is 2. The first kappa shape index (κ1) is 18.1. The van der Waals surface area contributed by atoms with E-state index in [-0.39, 0.29) is 22.2 Å². The van der Waals surface area contributed by atoms with Crippen molar-refractivity contribution < 1.29 is 17.9 Å². The van der Waals surface area contributed by atoms with Gasteiger partial charge in [0, 0.05) is 18.5 Å². The van der Waals surface area contributed by atoms with Gasteiger partial charge in [-0.2, -0.15) is 0 Å². The summed E-state index contributed by atoms with van der Waals surface area (Å²) in [6, 6.07) is 1.33. The van der Waals surface area contributed by atoms with Crippen molar-refractivity contribution in [1.29, 1.82) is 0 Å². The molecular formula is C12H17ClN2O4S2. The van der Waals surface area contributed by atoms with Crippen LogP contribution in [0, 0.1) is 0 Å². The second kappa shape index (κ2) is 7.90. The van der Waals surface area contributed by atoms with E-state index in [4.69, 9.17) is 0 Å². The van der Waals surface area contributed by atoms with Crippen molar-refractivity contribution in [2.75, 3.05) is 26.7 Å². The number of sulfonamides is 1. The van der Waals surface area contributed by atoms with Crippen LogP contribution in [0.15, 0.2) is 28.0 Å². The van der Waals surface area contributed by atoms with Crippen LogP contribution in [-0.4, -0.2) is 41.1 Å². The number of halogens is 1. The molecule has 0 spiro atoms. The first-order valence-corrected chi connectivity index (χ1v) is 8.44. The minimum Gasteiger partial charge on any atom is -0.465 e. The van der Waals surface area contributed by atoms with Crippen molar-refractivity contribution in [2.45, 2.75) is 11.3 Å². The van der Waals surface area contributed by atoms with Crippen molar-refractivity contribution in [3.8, 4) is 0 Å². The minimum absolute atomic E-state index is 0. The fourth-order valence-electron chi connectivity index (χ4n) is 1.77. The van der Waals surface area contributed by atoms with Crippen molar-refractivity contribution in [1.82, 2.24) is 10.0 Å². The Balaban J connectivity index is 0.00000220. The van der Waals surface area contributed by atoms with Crippen molar-refractivity contribution >= 4 is 39.7 Å². The molecule has 2 rings (SSSR count). The van der Waals surface area contributed by atoms with Crippen LogP contribution in [0.3, 0.4) is 0 Å². The maximum Gasteiger partial charge on any atom is 0.348 e. The van der Waals surface area contributed by atoms with Crippen LogP contribution in [0.25, 0.3) is 0 Å². The average Bonchev–Trinajstić information content (AvgIpc) is 2.96. The third-order valence-corrected chi connectivity index (χ3v) is 5.36. The minimum atomic E-state index is -3.59. The number of carbonyl (C=O) groups is 1. The van der Waals surface area contributed by atoms with Gasteiger partial charge >= 0.3 is 5.97 Å². The summed E-state index contributed by atoms with van der Waals surface area (Å²) < 4.78 is 31.3. The standard InChI is InChI=1S/C12H16N2O4S2.ClH/c1-18-12(15)11-6-10(8-19-11)20(16,17)14-7-9-2-4-13-5-3-9;/h2,6,8,13-14H,3-5,7H2,1H3;1H. The third kappa shape index (κ3) is 4.79. The molecular weight excluding hydrogens is 336 g/mol. The highest BCUT2D eigenvalue weighted by Crippen LogP contribution is 2.20. The molecule has 0 amide bonds. The third-order valence-electron chi connectivity index (χ3n) is 2.92. The number of nitrogens with one attached hydrogen (secondary N) is 2. The first-order valence-electron chi connectivity index (χ1n) is 6.08. The fraction of sp³-hybridized carbons (Fsp3) is 0.417. The van der Waals surface area contributed by atoms with E-state index in [9.17, 15) is 13.2 Å². The van der Waals surface area contributed by atoms with Crippen molar-refractivity contribution in [3.05, 3.63) is 28.0 Å². The van der Waals surface area contributed by atoms with E-state index in [1.807, 2.05) is 6.08 Å². The van der Waals surface area contributed by atoms with Gasteiger partial charge in [-0.3, -0.25) is 0 Å². The van der Waals surface area contributed by atoms with Gasteiger partial charge in [-0.25, -0.2) is 17.9 Å². The second-order valence-corrected chi connectivity index (χ2v) is 6.96. The average molecular weight is 353 g/mol. The molecule has 1 aliphatic heterocycles. The quantitative estimate of drug-likeness (QED) is 0.613. The number of thiophene rings is 1. The first-order chi connectivity index (χ1) is 9.53. The van der Waals surface area contributed by atoms with Gasteiger partial charge in [0.1, 0.15) is 4.88 Å². The zero-order valence-electron chi connectivity index (χ0n) is 11.4. The monoisotopic (exact) mass is 352 g/mol. The molecule has 0 radical (unpaired) electrons. The lowest BCUT2D eigenvalue weighted by atomic mass is 10.1. The molecule has 0 fully saturated rings. The summed E-state index contributed by atoms with van der Waals surface area (Å²) in [5.74, 6) is -0.530. The van der Waals surface area contributed by atoms with E-state index >= 15 is 0 Å². The Morgan fingerprint density at radius 1 is 1.52 bits per heavy atom. The van der Waals surface area contributed by atoms with Gasteiger partial charge in [-0.1, -0.05) is 11.6 Å². The Kier molecular flexibility index (Phi) is 6.82. The Hall–Kier alpha value is -0.930. The molecule has 0 unspecified atom stereocenters. The Bertz CT molecular complexity index is 625. The summed E-state index contributed by atoms with van der Waals surface area (Å²) >= 11 is 1.05. The lowest BCUT2D eigenvalue weighted by Gasteiger charge is -2.14. The molecule has 2 N–H and O–H groups in total. The molecule has 9 heteroatoms. The number of methoxy groups -OCH3 is 1. The van der Waals surface area contributed by atoms with E-state index in [1.54, 1.807) is 0 Å². The number of rotatable bonds is 5. The van der Waals surface area contributed by atoms with Crippen molar-refractivity contribution in [3.63, 3.8) is 0 Å². The number of hydrogen-bond acceptors (Lipinski definition) is 6. The Morgan fingerprint density at radius 3 is 2.90 bits per heavy atom.